The third-order valence-corrected chi connectivity index (χ3v) is 7.96. The molecule has 1 aliphatic heterocycles. The van der Waals surface area contributed by atoms with Gasteiger partial charge in [-0.25, -0.2) is 37.5 Å². The first kappa shape index (κ1) is 27.4. The Morgan fingerprint density at radius 1 is 1.10 bits per heavy atom. The van der Waals surface area contributed by atoms with Crippen LogP contribution in [0.15, 0.2) is 73.2 Å². The average molecular weight is 587 g/mol. The highest BCUT2D eigenvalue weighted by molar-refractivity contribution is 7.85. The Balaban J connectivity index is 1.22. The van der Waals surface area contributed by atoms with Crippen molar-refractivity contribution in [3.05, 3.63) is 90.4 Å². The van der Waals surface area contributed by atoms with Crippen molar-refractivity contribution in [3.63, 3.8) is 0 Å². The fourth-order valence-corrected chi connectivity index (χ4v) is 5.60. The molecule has 1 fully saturated rings. The average Bonchev–Trinajstić information content (AvgIpc) is 3.63. The Kier molecular flexibility index (Phi) is 7.59. The predicted octanol–water partition coefficient (Wildman–Crippen LogP) is 4.74. The summed E-state index contributed by atoms with van der Waals surface area (Å²) in [5.41, 5.74) is 9.05. The molecule has 0 radical (unpaired) electrons. The quantitative estimate of drug-likeness (QED) is 0.260. The lowest BCUT2D eigenvalue weighted by Gasteiger charge is -2.13. The summed E-state index contributed by atoms with van der Waals surface area (Å²) in [5, 5.41) is 6.94. The molecule has 0 spiro atoms. The molecule has 2 atom stereocenters. The summed E-state index contributed by atoms with van der Waals surface area (Å²) in [5.74, 6) is 1.58. The Morgan fingerprint density at radius 2 is 1.86 bits per heavy atom. The van der Waals surface area contributed by atoms with E-state index in [9.17, 15) is 8.60 Å². The summed E-state index contributed by atoms with van der Waals surface area (Å²) in [6.45, 7) is 6.82. The summed E-state index contributed by atoms with van der Waals surface area (Å²) in [7, 11) is -1.25. The van der Waals surface area contributed by atoms with E-state index < -0.39 is 16.8 Å². The Morgan fingerprint density at radius 3 is 2.62 bits per heavy atom. The van der Waals surface area contributed by atoms with Crippen LogP contribution in [0.25, 0.3) is 22.3 Å². The highest BCUT2D eigenvalue weighted by atomic mass is 32.2. The van der Waals surface area contributed by atoms with Crippen LogP contribution in [-0.2, 0) is 17.6 Å². The second-order valence-electron chi connectivity index (χ2n) is 9.70. The second kappa shape index (κ2) is 11.6. The van der Waals surface area contributed by atoms with Crippen LogP contribution in [0, 0.1) is 12.7 Å². The van der Waals surface area contributed by atoms with E-state index in [0.717, 1.165) is 17.5 Å². The molecule has 2 N–H and O–H groups in total. The zero-order valence-electron chi connectivity index (χ0n) is 22.7. The monoisotopic (exact) mass is 586 g/mol. The highest BCUT2D eigenvalue weighted by Gasteiger charge is 2.30. The topological polar surface area (TPSA) is 134 Å². The van der Waals surface area contributed by atoms with E-state index in [4.69, 9.17) is 20.3 Å². The van der Waals surface area contributed by atoms with Crippen molar-refractivity contribution >= 4 is 27.8 Å². The lowest BCUT2D eigenvalue weighted by molar-refractivity contribution is 0.301. The summed E-state index contributed by atoms with van der Waals surface area (Å²) < 4.78 is 41.9. The van der Waals surface area contributed by atoms with Crippen molar-refractivity contribution in [1.82, 2.24) is 34.0 Å². The molecule has 2 unspecified atom stereocenters. The summed E-state index contributed by atoms with van der Waals surface area (Å²) in [6.07, 6.45) is 5.50. The Hall–Kier alpha value is -4.75. The first-order valence-corrected chi connectivity index (χ1v) is 14.3. The summed E-state index contributed by atoms with van der Waals surface area (Å²) in [4.78, 5) is 16.9. The molecule has 11 nitrogen and oxygen atoms in total. The molecule has 214 valence electrons. The van der Waals surface area contributed by atoms with E-state index in [1.165, 1.54) is 23.9 Å². The van der Waals surface area contributed by atoms with E-state index in [1.54, 1.807) is 37.5 Å². The lowest BCUT2D eigenvalue weighted by atomic mass is 10.1. The van der Waals surface area contributed by atoms with E-state index in [0.29, 0.717) is 53.0 Å². The SMILES string of the molecule is C=CS(=O)N1CCC(n2nc(-c3ccc(Oc4cc(F)cc(OCc5cnc(C)nc5)c4)cc3)c3c(N)ncnc32)C1. The Bertz CT molecular complexity index is 1780. The van der Waals surface area contributed by atoms with Gasteiger partial charge in [-0.05, 0) is 37.6 Å². The van der Waals surface area contributed by atoms with Gasteiger partial charge < -0.3 is 15.2 Å². The van der Waals surface area contributed by atoms with E-state index in [1.807, 2.05) is 21.1 Å². The maximum absolute atomic E-state index is 14.4. The van der Waals surface area contributed by atoms with E-state index in [-0.39, 0.29) is 18.4 Å². The maximum Gasteiger partial charge on any atom is 0.164 e. The number of hydrogen-bond acceptors (Lipinski definition) is 9. The normalized spacial score (nSPS) is 16.0. The molecule has 13 heteroatoms. The number of anilines is 1. The van der Waals surface area contributed by atoms with Crippen LogP contribution in [0.2, 0.25) is 0 Å². The van der Waals surface area contributed by atoms with Gasteiger partial charge in [0.2, 0.25) is 0 Å². The number of aromatic nitrogens is 6. The van der Waals surface area contributed by atoms with Gasteiger partial charge in [-0.15, -0.1) is 0 Å². The fraction of sp³-hybridized carbons (Fsp3) is 0.207. The van der Waals surface area contributed by atoms with Crippen LogP contribution in [0.5, 0.6) is 17.2 Å². The molecule has 1 saturated heterocycles. The number of fused-ring (bicyclic) bond motifs is 1. The third-order valence-electron chi connectivity index (χ3n) is 6.84. The number of benzene rings is 2. The zero-order chi connectivity index (χ0) is 29.2. The van der Waals surface area contributed by atoms with Gasteiger partial charge >= 0.3 is 0 Å². The number of nitrogens with two attached hydrogens (primary N) is 1. The summed E-state index contributed by atoms with van der Waals surface area (Å²) in [6, 6.07) is 11.4. The number of nitrogen functional groups attached to an aromatic ring is 1. The molecule has 2 aromatic carbocycles. The molecule has 6 rings (SSSR count). The number of halogens is 1. The molecular formula is C29H27FN8O3S. The summed E-state index contributed by atoms with van der Waals surface area (Å²) >= 11 is 0. The molecule has 3 aromatic heterocycles. The van der Waals surface area contributed by atoms with E-state index >= 15 is 0 Å². The zero-order valence-corrected chi connectivity index (χ0v) is 23.5. The Labute approximate surface area is 243 Å². The van der Waals surface area contributed by atoms with Gasteiger partial charge in [0.15, 0.2) is 5.65 Å². The van der Waals surface area contributed by atoms with Crippen molar-refractivity contribution < 1.29 is 18.1 Å². The second-order valence-corrected chi connectivity index (χ2v) is 11.1. The minimum atomic E-state index is -1.25. The fourth-order valence-electron chi connectivity index (χ4n) is 4.79. The van der Waals surface area contributed by atoms with Crippen molar-refractivity contribution in [2.24, 2.45) is 0 Å². The van der Waals surface area contributed by atoms with Crippen molar-refractivity contribution in [2.75, 3.05) is 18.8 Å². The maximum atomic E-state index is 14.4. The number of nitrogens with zero attached hydrogens (tertiary/aromatic N) is 7. The predicted molar refractivity (Wildman–Crippen MR) is 156 cm³/mol. The van der Waals surface area contributed by atoms with Gasteiger partial charge in [0.05, 0.1) is 11.4 Å². The van der Waals surface area contributed by atoms with Crippen molar-refractivity contribution in [1.29, 1.82) is 0 Å². The van der Waals surface area contributed by atoms with Crippen molar-refractivity contribution in [3.8, 4) is 28.5 Å². The first-order chi connectivity index (χ1) is 20.4. The van der Waals surface area contributed by atoms with Crippen LogP contribution >= 0.6 is 0 Å². The molecule has 5 aromatic rings. The molecule has 1 aliphatic rings. The van der Waals surface area contributed by atoms with E-state index in [2.05, 4.69) is 26.5 Å². The van der Waals surface area contributed by atoms with Crippen molar-refractivity contribution in [2.45, 2.75) is 26.0 Å². The molecule has 0 amide bonds. The van der Waals surface area contributed by atoms with Crippen LogP contribution in [0.3, 0.4) is 0 Å². The number of rotatable bonds is 9. The largest absolute Gasteiger partial charge is 0.489 e. The van der Waals surface area contributed by atoms with Gasteiger partial charge in [-0.1, -0.05) is 6.58 Å². The van der Waals surface area contributed by atoms with Gasteiger partial charge in [0.1, 0.15) is 64.3 Å². The molecule has 0 aliphatic carbocycles. The molecule has 42 heavy (non-hydrogen) atoms. The van der Waals surface area contributed by atoms with Gasteiger partial charge in [0.25, 0.3) is 0 Å². The highest BCUT2D eigenvalue weighted by Crippen LogP contribution is 2.35. The smallest absolute Gasteiger partial charge is 0.164 e. The van der Waals surface area contributed by atoms with Crippen LogP contribution in [0.1, 0.15) is 23.9 Å². The number of ether oxygens (including phenoxy) is 2. The van der Waals surface area contributed by atoms with Crippen LogP contribution in [-0.4, -0.2) is 51.3 Å². The number of aryl methyl sites for hydroxylation is 1. The van der Waals surface area contributed by atoms with Crippen LogP contribution < -0.4 is 15.2 Å². The standard InChI is InChI=1S/C29H27FN8O3S/c1-3-42(39)37-9-8-22(15-37)38-29-26(28(31)34-17-35-29)27(36-38)20-4-6-23(7-5-20)41-25-11-21(30)10-24(12-25)40-16-19-13-32-18(2)33-14-19/h3-7,10-14,17,22H,1,8-9,15-16H2,2H3,(H2,31,34,35). The van der Waals surface area contributed by atoms with Gasteiger partial charge in [-0.3, -0.25) is 0 Å². The molecule has 0 saturated carbocycles. The first-order valence-electron chi connectivity index (χ1n) is 13.1. The minimum Gasteiger partial charge on any atom is -0.489 e. The lowest BCUT2D eigenvalue weighted by Crippen LogP contribution is -2.23. The minimum absolute atomic E-state index is 0.0371. The molecule has 4 heterocycles. The van der Waals surface area contributed by atoms with Crippen LogP contribution in [0.4, 0.5) is 10.2 Å². The molecular weight excluding hydrogens is 559 g/mol. The number of hydrogen-bond donors (Lipinski definition) is 1. The van der Waals surface area contributed by atoms with Gasteiger partial charge in [0, 0.05) is 60.2 Å². The molecule has 0 bridgehead atoms. The van der Waals surface area contributed by atoms with Gasteiger partial charge in [-0.2, -0.15) is 5.10 Å². The third kappa shape index (κ3) is 5.69.